The molecule has 142 valence electrons. The van der Waals surface area contributed by atoms with E-state index in [-0.39, 0.29) is 24.7 Å². The predicted octanol–water partition coefficient (Wildman–Crippen LogP) is 2.34. The Morgan fingerprint density at radius 1 is 0.808 bits per heavy atom. The van der Waals surface area contributed by atoms with Gasteiger partial charge in [0.05, 0.1) is 24.2 Å². The molecule has 0 aromatic carbocycles. The minimum atomic E-state index is -0.500. The van der Waals surface area contributed by atoms with Crippen molar-refractivity contribution >= 4 is 45.3 Å². The highest BCUT2D eigenvalue weighted by atomic mass is 33.1. The molecule has 0 aliphatic carbocycles. The Hall–Kier alpha value is -1.94. The summed E-state index contributed by atoms with van der Waals surface area (Å²) in [5, 5.41) is 1.92. The van der Waals surface area contributed by atoms with Crippen LogP contribution in [0.25, 0.3) is 0 Å². The summed E-state index contributed by atoms with van der Waals surface area (Å²) in [4.78, 5) is 56.3. The molecule has 26 heavy (non-hydrogen) atoms. The summed E-state index contributed by atoms with van der Waals surface area (Å²) >= 11 is 0. The highest BCUT2D eigenvalue weighted by Crippen LogP contribution is 2.25. The lowest BCUT2D eigenvalue weighted by Gasteiger charge is -2.15. The number of hydrogen-bond acceptors (Lipinski definition) is 8. The number of carbonyl (C=O) groups is 4. The smallest absolute Gasteiger partial charge is 0.333 e. The summed E-state index contributed by atoms with van der Waals surface area (Å²) in [6, 6.07) is 0. The molecule has 2 amide bonds. The molecule has 0 spiro atoms. The maximum absolute atomic E-state index is 11.7. The first-order valence-corrected chi connectivity index (χ1v) is 10.5. The fourth-order valence-electron chi connectivity index (χ4n) is 2.16. The van der Waals surface area contributed by atoms with E-state index in [0.29, 0.717) is 48.6 Å². The SMILES string of the molecule is C=C1CCC(=O)N1OC(=O)CCSSCCC(=O)ON1C(=C)CCC1=O. The van der Waals surface area contributed by atoms with Gasteiger partial charge in [0.25, 0.3) is 11.8 Å². The van der Waals surface area contributed by atoms with Crippen LogP contribution >= 0.6 is 21.6 Å². The van der Waals surface area contributed by atoms with Gasteiger partial charge in [0, 0.05) is 24.3 Å². The second kappa shape index (κ2) is 9.67. The van der Waals surface area contributed by atoms with Crippen LogP contribution in [0.2, 0.25) is 0 Å². The van der Waals surface area contributed by atoms with Crippen molar-refractivity contribution in [1.29, 1.82) is 0 Å². The van der Waals surface area contributed by atoms with E-state index in [9.17, 15) is 19.2 Å². The summed E-state index contributed by atoms with van der Waals surface area (Å²) in [6.07, 6.45) is 1.90. The Morgan fingerprint density at radius 2 is 1.19 bits per heavy atom. The first-order chi connectivity index (χ1) is 12.4. The zero-order valence-corrected chi connectivity index (χ0v) is 15.9. The number of hydroxylamine groups is 4. The number of carbonyl (C=O) groups excluding carboxylic acids is 4. The summed E-state index contributed by atoms with van der Waals surface area (Å²) in [5.41, 5.74) is 0.978. The van der Waals surface area contributed by atoms with Crippen molar-refractivity contribution in [3.8, 4) is 0 Å². The summed E-state index contributed by atoms with van der Waals surface area (Å²) < 4.78 is 0. The quantitative estimate of drug-likeness (QED) is 0.430. The van der Waals surface area contributed by atoms with E-state index in [0.717, 1.165) is 10.1 Å². The lowest BCUT2D eigenvalue weighted by atomic mass is 10.3. The highest BCUT2D eigenvalue weighted by molar-refractivity contribution is 8.76. The van der Waals surface area contributed by atoms with Gasteiger partial charge in [-0.05, 0) is 12.8 Å². The van der Waals surface area contributed by atoms with Crippen molar-refractivity contribution in [1.82, 2.24) is 10.1 Å². The van der Waals surface area contributed by atoms with Crippen molar-refractivity contribution in [3.63, 3.8) is 0 Å². The normalized spacial score (nSPS) is 17.2. The molecule has 0 bridgehead atoms. The average molecular weight is 400 g/mol. The molecule has 2 fully saturated rings. The van der Waals surface area contributed by atoms with Crippen molar-refractivity contribution in [2.75, 3.05) is 11.5 Å². The molecule has 0 atom stereocenters. The van der Waals surface area contributed by atoms with Crippen LogP contribution in [0.5, 0.6) is 0 Å². The first-order valence-electron chi connectivity index (χ1n) is 8.06. The molecule has 0 unspecified atom stereocenters. The van der Waals surface area contributed by atoms with E-state index in [1.165, 1.54) is 21.6 Å². The van der Waals surface area contributed by atoms with Gasteiger partial charge in [0.2, 0.25) is 0 Å². The maximum atomic E-state index is 11.7. The van der Waals surface area contributed by atoms with Gasteiger partial charge in [0.15, 0.2) is 0 Å². The molecular formula is C16H20N2O6S2. The molecule has 0 radical (unpaired) electrons. The second-order valence-electron chi connectivity index (χ2n) is 5.58. The monoisotopic (exact) mass is 400 g/mol. The third-order valence-electron chi connectivity index (χ3n) is 3.53. The number of allylic oxidation sites excluding steroid dienone is 2. The van der Waals surface area contributed by atoms with E-state index >= 15 is 0 Å². The van der Waals surface area contributed by atoms with Crippen molar-refractivity contribution < 1.29 is 28.9 Å². The van der Waals surface area contributed by atoms with Gasteiger partial charge < -0.3 is 9.68 Å². The Bertz CT molecular complexity index is 550. The first kappa shape index (κ1) is 20.4. The van der Waals surface area contributed by atoms with Crippen LogP contribution in [0.1, 0.15) is 38.5 Å². The van der Waals surface area contributed by atoms with E-state index < -0.39 is 11.9 Å². The number of nitrogens with zero attached hydrogens (tertiary/aromatic N) is 2. The third-order valence-corrected chi connectivity index (χ3v) is 5.94. The molecule has 0 saturated carbocycles. The van der Waals surface area contributed by atoms with Crippen LogP contribution in [-0.4, -0.2) is 45.4 Å². The van der Waals surface area contributed by atoms with Gasteiger partial charge in [-0.1, -0.05) is 34.7 Å². The minimum absolute atomic E-state index is 0.140. The molecule has 2 heterocycles. The third kappa shape index (κ3) is 5.80. The van der Waals surface area contributed by atoms with Crippen molar-refractivity contribution in [3.05, 3.63) is 24.6 Å². The largest absolute Gasteiger partial charge is 0.333 e. The van der Waals surface area contributed by atoms with Gasteiger partial charge in [0.1, 0.15) is 0 Å². The minimum Gasteiger partial charge on any atom is -0.333 e. The van der Waals surface area contributed by atoms with Gasteiger partial charge in [-0.2, -0.15) is 0 Å². The van der Waals surface area contributed by atoms with Crippen LogP contribution in [0.4, 0.5) is 0 Å². The Labute approximate surface area is 159 Å². The van der Waals surface area contributed by atoms with Crippen molar-refractivity contribution in [2.24, 2.45) is 0 Å². The van der Waals surface area contributed by atoms with E-state index in [1.54, 1.807) is 0 Å². The predicted molar refractivity (Wildman–Crippen MR) is 96.8 cm³/mol. The Morgan fingerprint density at radius 3 is 1.50 bits per heavy atom. The molecule has 2 rings (SSSR count). The molecule has 0 aromatic rings. The Balaban J connectivity index is 1.52. The van der Waals surface area contributed by atoms with Crippen LogP contribution in [0.3, 0.4) is 0 Å². The molecular weight excluding hydrogens is 380 g/mol. The average Bonchev–Trinajstić information content (AvgIpc) is 3.08. The van der Waals surface area contributed by atoms with Crippen LogP contribution in [0, 0.1) is 0 Å². The van der Waals surface area contributed by atoms with Gasteiger partial charge in [-0.15, -0.1) is 10.1 Å². The number of hydrogen-bond donors (Lipinski definition) is 0. The lowest BCUT2D eigenvalue weighted by molar-refractivity contribution is -0.186. The second-order valence-corrected chi connectivity index (χ2v) is 8.28. The van der Waals surface area contributed by atoms with E-state index in [2.05, 4.69) is 13.2 Å². The topological polar surface area (TPSA) is 93.2 Å². The highest BCUT2D eigenvalue weighted by Gasteiger charge is 2.28. The molecule has 0 N–H and O–H groups in total. The maximum Gasteiger partial charge on any atom is 0.333 e. The van der Waals surface area contributed by atoms with Crippen LogP contribution < -0.4 is 0 Å². The van der Waals surface area contributed by atoms with Gasteiger partial charge >= 0.3 is 11.9 Å². The fourth-order valence-corrected chi connectivity index (χ4v) is 4.10. The Kier molecular flexibility index (Phi) is 7.58. The molecule has 2 saturated heterocycles. The molecule has 2 aliphatic heterocycles. The van der Waals surface area contributed by atoms with Crippen molar-refractivity contribution in [2.45, 2.75) is 38.5 Å². The van der Waals surface area contributed by atoms with Gasteiger partial charge in [-0.3, -0.25) is 9.59 Å². The van der Waals surface area contributed by atoms with E-state index in [1.807, 2.05) is 0 Å². The summed E-state index contributed by atoms with van der Waals surface area (Å²) in [7, 11) is 2.82. The van der Waals surface area contributed by atoms with Crippen LogP contribution in [-0.2, 0) is 28.9 Å². The van der Waals surface area contributed by atoms with Gasteiger partial charge in [-0.25, -0.2) is 9.59 Å². The lowest BCUT2D eigenvalue weighted by Crippen LogP contribution is -2.27. The van der Waals surface area contributed by atoms with E-state index in [4.69, 9.17) is 9.68 Å². The molecule has 10 heteroatoms. The fraction of sp³-hybridized carbons (Fsp3) is 0.500. The molecule has 0 aromatic heterocycles. The summed E-state index contributed by atoms with van der Waals surface area (Å²) in [5.74, 6) is -0.561. The zero-order chi connectivity index (χ0) is 19.1. The summed E-state index contributed by atoms with van der Waals surface area (Å²) in [6.45, 7) is 7.33. The van der Waals surface area contributed by atoms with Crippen LogP contribution in [0.15, 0.2) is 24.6 Å². The number of rotatable bonds is 9. The number of amides is 2. The standard InChI is InChI=1S/C16H20N2O6S2/c1-11-3-5-13(19)17(11)23-15(21)7-9-25-26-10-8-16(22)24-18-12(2)4-6-14(18)20/h1-10H2. The molecule has 2 aliphatic rings. The molecule has 8 nitrogen and oxygen atoms in total. The zero-order valence-electron chi connectivity index (χ0n) is 14.2.